The lowest BCUT2D eigenvalue weighted by Gasteiger charge is -2.15. The highest BCUT2D eigenvalue weighted by Gasteiger charge is 2.16. The van der Waals surface area contributed by atoms with Crippen LogP contribution in [0.25, 0.3) is 5.78 Å². The first-order valence-electron chi connectivity index (χ1n) is 9.10. The van der Waals surface area contributed by atoms with Gasteiger partial charge in [0, 0.05) is 24.0 Å². The first-order valence-corrected chi connectivity index (χ1v) is 9.10. The molecule has 4 rings (SSSR count). The lowest BCUT2D eigenvalue weighted by atomic mass is 9.97. The summed E-state index contributed by atoms with van der Waals surface area (Å²) in [6, 6.07) is 3.54. The van der Waals surface area contributed by atoms with Crippen LogP contribution in [0.3, 0.4) is 0 Å². The number of carbonyl (C=O) groups excluding carboxylic acids is 1. The van der Waals surface area contributed by atoms with Crippen molar-refractivity contribution in [2.75, 3.05) is 6.54 Å². The summed E-state index contributed by atoms with van der Waals surface area (Å²) in [7, 11) is 0. The first kappa shape index (κ1) is 17.3. The number of amides is 1. The fraction of sp³-hybridized carbons (Fsp3) is 0.444. The molecule has 0 atom stereocenters. The van der Waals surface area contributed by atoms with Crippen molar-refractivity contribution in [3.05, 3.63) is 51.0 Å². The summed E-state index contributed by atoms with van der Waals surface area (Å²) in [5, 5.41) is 11.4. The normalized spacial score (nSPS) is 13.6. The molecule has 0 radical (unpaired) electrons. The number of fused-ring (bicyclic) bond motifs is 2. The largest absolute Gasteiger partial charge is 0.347 e. The Labute approximate surface area is 155 Å². The zero-order valence-electron chi connectivity index (χ0n) is 15.4. The maximum Gasteiger partial charge on any atom is 0.291 e. The van der Waals surface area contributed by atoms with Crippen molar-refractivity contribution in [3.63, 3.8) is 0 Å². The Balaban J connectivity index is 1.44. The van der Waals surface area contributed by atoms with Gasteiger partial charge in [0.05, 0.1) is 12.2 Å². The average Bonchev–Trinajstić information content (AvgIpc) is 3.06. The third kappa shape index (κ3) is 3.44. The molecule has 27 heavy (non-hydrogen) atoms. The van der Waals surface area contributed by atoms with Gasteiger partial charge >= 0.3 is 0 Å². The number of nitrogens with zero attached hydrogens (tertiary/aromatic N) is 6. The molecule has 140 valence electrons. The molecule has 9 heteroatoms. The van der Waals surface area contributed by atoms with Gasteiger partial charge in [0.15, 0.2) is 0 Å². The smallest absolute Gasteiger partial charge is 0.291 e. The second-order valence-corrected chi connectivity index (χ2v) is 6.83. The van der Waals surface area contributed by atoms with Gasteiger partial charge in [-0.15, -0.1) is 5.10 Å². The summed E-state index contributed by atoms with van der Waals surface area (Å²) in [5.41, 5.74) is 3.59. The molecule has 0 saturated heterocycles. The molecular weight excluding hydrogens is 346 g/mol. The summed E-state index contributed by atoms with van der Waals surface area (Å²) in [6.07, 6.45) is 4.02. The van der Waals surface area contributed by atoms with Crippen molar-refractivity contribution in [3.8, 4) is 0 Å². The minimum absolute atomic E-state index is 0.0574. The molecule has 1 N–H and O–H groups in total. The Bertz CT molecular complexity index is 1080. The second kappa shape index (κ2) is 6.90. The molecule has 3 heterocycles. The Kier molecular flexibility index (Phi) is 4.43. The van der Waals surface area contributed by atoms with Gasteiger partial charge in [-0.1, -0.05) is 0 Å². The van der Waals surface area contributed by atoms with Crippen LogP contribution in [0.1, 0.15) is 46.1 Å². The molecule has 0 saturated carbocycles. The van der Waals surface area contributed by atoms with E-state index in [1.165, 1.54) is 9.20 Å². The minimum Gasteiger partial charge on any atom is -0.347 e. The fourth-order valence-electron chi connectivity index (χ4n) is 3.38. The third-order valence-corrected chi connectivity index (χ3v) is 4.70. The van der Waals surface area contributed by atoms with E-state index in [0.717, 1.165) is 48.3 Å². The number of aromatic nitrogens is 6. The second-order valence-electron chi connectivity index (χ2n) is 6.83. The quantitative estimate of drug-likeness (QED) is 0.724. The number of aryl methyl sites for hydroxylation is 4. The molecule has 9 nitrogen and oxygen atoms in total. The zero-order valence-corrected chi connectivity index (χ0v) is 15.4. The molecule has 0 spiro atoms. The van der Waals surface area contributed by atoms with Gasteiger partial charge in [-0.25, -0.2) is 14.2 Å². The van der Waals surface area contributed by atoms with Crippen LogP contribution < -0.4 is 10.9 Å². The summed E-state index contributed by atoms with van der Waals surface area (Å²) in [4.78, 5) is 33.0. The number of hydrogen-bond donors (Lipinski definition) is 1. The van der Waals surface area contributed by atoms with Crippen LogP contribution in [0.5, 0.6) is 0 Å². The molecule has 0 aliphatic heterocycles. The van der Waals surface area contributed by atoms with Gasteiger partial charge in [-0.2, -0.15) is 10.1 Å². The van der Waals surface area contributed by atoms with E-state index < -0.39 is 5.91 Å². The minimum atomic E-state index is -0.399. The molecular formula is C18H21N7O2. The summed E-state index contributed by atoms with van der Waals surface area (Å²) in [5.74, 6) is 0.0516. The van der Waals surface area contributed by atoms with Crippen LogP contribution in [-0.2, 0) is 19.4 Å². The molecule has 0 fully saturated rings. The highest BCUT2D eigenvalue weighted by atomic mass is 16.2. The predicted molar refractivity (Wildman–Crippen MR) is 97.7 cm³/mol. The van der Waals surface area contributed by atoms with E-state index in [4.69, 9.17) is 0 Å². The van der Waals surface area contributed by atoms with Crippen LogP contribution in [0.15, 0.2) is 16.9 Å². The summed E-state index contributed by atoms with van der Waals surface area (Å²) < 4.78 is 2.95. The van der Waals surface area contributed by atoms with Crippen molar-refractivity contribution in [2.45, 2.75) is 46.1 Å². The molecule has 1 amide bonds. The Morgan fingerprint density at radius 3 is 2.81 bits per heavy atom. The monoisotopic (exact) mass is 367 g/mol. The van der Waals surface area contributed by atoms with Crippen molar-refractivity contribution < 1.29 is 4.79 Å². The van der Waals surface area contributed by atoms with Crippen molar-refractivity contribution in [2.24, 2.45) is 0 Å². The van der Waals surface area contributed by atoms with Crippen molar-refractivity contribution in [1.29, 1.82) is 0 Å². The summed E-state index contributed by atoms with van der Waals surface area (Å²) in [6.45, 7) is 4.32. The SMILES string of the molecule is Cc1cc(C)n2nc(C(=O)NCCn3nc4c(cc3=O)CCCC4)nc2n1. The highest BCUT2D eigenvalue weighted by molar-refractivity contribution is 5.90. The van der Waals surface area contributed by atoms with Gasteiger partial charge in [0.25, 0.3) is 17.2 Å². The highest BCUT2D eigenvalue weighted by Crippen LogP contribution is 2.16. The topological polar surface area (TPSA) is 107 Å². The number of nitrogens with one attached hydrogen (secondary N) is 1. The maximum absolute atomic E-state index is 12.3. The van der Waals surface area contributed by atoms with Crippen molar-refractivity contribution in [1.82, 2.24) is 34.7 Å². The van der Waals surface area contributed by atoms with E-state index in [-0.39, 0.29) is 17.9 Å². The molecule has 0 aromatic carbocycles. The predicted octanol–water partition coefficient (Wildman–Crippen LogP) is 0.607. The van der Waals surface area contributed by atoms with Gasteiger partial charge < -0.3 is 5.32 Å². The molecule has 1 aliphatic carbocycles. The molecule has 1 aliphatic rings. The Morgan fingerprint density at radius 2 is 1.96 bits per heavy atom. The first-order chi connectivity index (χ1) is 13.0. The molecule has 0 unspecified atom stereocenters. The Morgan fingerprint density at radius 1 is 1.15 bits per heavy atom. The maximum atomic E-state index is 12.3. The Hall–Kier alpha value is -3.10. The summed E-state index contributed by atoms with van der Waals surface area (Å²) >= 11 is 0. The molecule has 0 bridgehead atoms. The van der Waals surface area contributed by atoms with E-state index in [9.17, 15) is 9.59 Å². The van der Waals surface area contributed by atoms with Crippen LogP contribution in [0.2, 0.25) is 0 Å². The third-order valence-electron chi connectivity index (χ3n) is 4.70. The van der Waals surface area contributed by atoms with Crippen LogP contribution in [0, 0.1) is 13.8 Å². The molecule has 3 aromatic heterocycles. The van der Waals surface area contributed by atoms with Gasteiger partial charge in [-0.05, 0) is 51.2 Å². The van der Waals surface area contributed by atoms with Gasteiger partial charge in [0.1, 0.15) is 0 Å². The lowest BCUT2D eigenvalue weighted by Crippen LogP contribution is -2.33. The van der Waals surface area contributed by atoms with Crippen LogP contribution in [-0.4, -0.2) is 41.8 Å². The fourth-order valence-corrected chi connectivity index (χ4v) is 3.38. The molecule has 3 aromatic rings. The van der Waals surface area contributed by atoms with E-state index in [1.807, 2.05) is 19.9 Å². The number of carbonyl (C=O) groups is 1. The van der Waals surface area contributed by atoms with Gasteiger partial charge in [-0.3, -0.25) is 9.59 Å². The van der Waals surface area contributed by atoms with Crippen molar-refractivity contribution >= 4 is 11.7 Å². The van der Waals surface area contributed by atoms with Gasteiger partial charge in [0.2, 0.25) is 5.82 Å². The standard InChI is InChI=1S/C18H21N7O2/c1-11-9-12(2)25-18(20-11)21-16(23-25)17(27)19-7-8-24-15(26)10-13-5-3-4-6-14(13)22-24/h9-10H,3-8H2,1-2H3,(H,19,27). The van der Waals surface area contributed by atoms with Crippen LogP contribution >= 0.6 is 0 Å². The van der Waals surface area contributed by atoms with E-state index in [2.05, 4.69) is 25.5 Å². The zero-order chi connectivity index (χ0) is 19.0. The van der Waals surface area contributed by atoms with Crippen LogP contribution in [0.4, 0.5) is 0 Å². The lowest BCUT2D eigenvalue weighted by molar-refractivity contribution is 0.0941. The van der Waals surface area contributed by atoms with E-state index >= 15 is 0 Å². The van der Waals surface area contributed by atoms with E-state index in [1.54, 1.807) is 6.07 Å². The number of rotatable bonds is 4. The average molecular weight is 367 g/mol. The van der Waals surface area contributed by atoms with E-state index in [0.29, 0.717) is 12.3 Å². The number of hydrogen-bond acceptors (Lipinski definition) is 6.